The van der Waals surface area contributed by atoms with Crippen LogP contribution in [0.15, 0.2) is 58.2 Å². The number of nitrogens with zero attached hydrogens (tertiary/aromatic N) is 6. The number of benzene rings is 1. The monoisotopic (exact) mass is 432 g/mol. The Labute approximate surface area is 182 Å². The van der Waals surface area contributed by atoms with Gasteiger partial charge in [-0.2, -0.15) is 9.50 Å². The first kappa shape index (κ1) is 19.5. The van der Waals surface area contributed by atoms with Crippen molar-refractivity contribution in [2.75, 3.05) is 0 Å². The molecule has 0 spiro atoms. The summed E-state index contributed by atoms with van der Waals surface area (Å²) in [5, 5.41) is 6.18. The lowest BCUT2D eigenvalue weighted by molar-refractivity contribution is 0.185. The molecule has 5 aromatic rings. The van der Waals surface area contributed by atoms with E-state index in [9.17, 15) is 0 Å². The Kier molecular flexibility index (Phi) is 5.03. The molecule has 0 aliphatic carbocycles. The molecule has 1 unspecified atom stereocenters. The van der Waals surface area contributed by atoms with Crippen molar-refractivity contribution in [3.8, 4) is 5.88 Å². The maximum Gasteiger partial charge on any atom is 0.255 e. The molecule has 0 fully saturated rings. The van der Waals surface area contributed by atoms with Crippen LogP contribution in [-0.2, 0) is 5.75 Å². The molecule has 0 radical (unpaired) electrons. The van der Waals surface area contributed by atoms with E-state index in [0.29, 0.717) is 28.4 Å². The van der Waals surface area contributed by atoms with E-state index in [0.717, 1.165) is 28.1 Å². The minimum atomic E-state index is -0.317. The second kappa shape index (κ2) is 7.99. The fourth-order valence-electron chi connectivity index (χ4n) is 3.22. The number of furan rings is 1. The lowest BCUT2D eigenvalue weighted by Crippen LogP contribution is -2.08. The number of aryl methyl sites for hydroxylation is 2. The normalized spacial score (nSPS) is 12.5. The molecule has 0 aliphatic rings. The van der Waals surface area contributed by atoms with E-state index in [4.69, 9.17) is 9.15 Å². The Hall–Kier alpha value is -3.46. The quantitative estimate of drug-likeness (QED) is 0.281. The Balaban J connectivity index is 1.43. The second-order valence-corrected chi connectivity index (χ2v) is 8.11. The van der Waals surface area contributed by atoms with Crippen molar-refractivity contribution in [3.05, 3.63) is 71.6 Å². The van der Waals surface area contributed by atoms with Crippen molar-refractivity contribution in [1.29, 1.82) is 0 Å². The first-order valence-corrected chi connectivity index (χ1v) is 10.8. The Morgan fingerprint density at radius 1 is 1.10 bits per heavy atom. The van der Waals surface area contributed by atoms with Gasteiger partial charge >= 0.3 is 0 Å². The number of rotatable bonds is 6. The highest BCUT2D eigenvalue weighted by molar-refractivity contribution is 7.98. The molecule has 4 heterocycles. The lowest BCUT2D eigenvalue weighted by Gasteiger charge is -2.13. The van der Waals surface area contributed by atoms with Crippen LogP contribution in [0.25, 0.3) is 16.7 Å². The van der Waals surface area contributed by atoms with E-state index in [1.165, 1.54) is 11.8 Å². The van der Waals surface area contributed by atoms with Gasteiger partial charge in [-0.05, 0) is 39.0 Å². The summed E-state index contributed by atoms with van der Waals surface area (Å²) in [6.45, 7) is 5.72. The highest BCUT2D eigenvalue weighted by Crippen LogP contribution is 2.29. The first-order valence-electron chi connectivity index (χ1n) is 9.86. The minimum Gasteiger partial charge on any atom is -0.466 e. The first-order chi connectivity index (χ1) is 15.0. The van der Waals surface area contributed by atoms with Crippen LogP contribution in [0.4, 0.5) is 0 Å². The summed E-state index contributed by atoms with van der Waals surface area (Å²) in [6, 6.07) is 13.6. The number of hydrogen-bond acceptors (Lipinski definition) is 8. The number of ether oxygens (including phenoxy) is 1. The summed E-state index contributed by atoms with van der Waals surface area (Å²) < 4.78 is 13.8. The fraction of sp³-hybridized carbons (Fsp3) is 0.227. The molecular formula is C22H20N6O2S. The van der Waals surface area contributed by atoms with Crippen molar-refractivity contribution >= 4 is 28.5 Å². The molecule has 0 N–H and O–H groups in total. The van der Waals surface area contributed by atoms with Gasteiger partial charge < -0.3 is 9.15 Å². The molecule has 0 aliphatic heterocycles. The number of thioether (sulfide) groups is 1. The van der Waals surface area contributed by atoms with Crippen LogP contribution < -0.4 is 4.74 Å². The van der Waals surface area contributed by atoms with Crippen LogP contribution in [0.5, 0.6) is 5.88 Å². The van der Waals surface area contributed by atoms with Gasteiger partial charge in [0.05, 0.1) is 5.69 Å². The van der Waals surface area contributed by atoms with Crippen molar-refractivity contribution in [1.82, 2.24) is 29.5 Å². The van der Waals surface area contributed by atoms with E-state index in [1.807, 2.05) is 63.2 Å². The summed E-state index contributed by atoms with van der Waals surface area (Å²) >= 11 is 1.51. The summed E-state index contributed by atoms with van der Waals surface area (Å²) in [6.07, 6.45) is 1.44. The van der Waals surface area contributed by atoms with E-state index in [1.54, 1.807) is 10.7 Å². The van der Waals surface area contributed by atoms with Gasteiger partial charge in [-0.25, -0.2) is 15.0 Å². The topological polar surface area (TPSA) is 91.2 Å². The third-order valence-electron chi connectivity index (χ3n) is 4.70. The van der Waals surface area contributed by atoms with Gasteiger partial charge in [0.25, 0.3) is 5.78 Å². The third kappa shape index (κ3) is 4.09. The Morgan fingerprint density at radius 3 is 2.81 bits per heavy atom. The molecular weight excluding hydrogens is 412 g/mol. The maximum atomic E-state index is 6.25. The Bertz CT molecular complexity index is 1350. The van der Waals surface area contributed by atoms with E-state index < -0.39 is 0 Å². The van der Waals surface area contributed by atoms with Crippen LogP contribution >= 0.6 is 11.8 Å². The second-order valence-electron chi connectivity index (χ2n) is 7.17. The van der Waals surface area contributed by atoms with Crippen LogP contribution in [-0.4, -0.2) is 29.5 Å². The van der Waals surface area contributed by atoms with E-state index >= 15 is 0 Å². The molecule has 8 nitrogen and oxygen atoms in total. The predicted octanol–water partition coefficient (Wildman–Crippen LogP) is 4.71. The zero-order valence-corrected chi connectivity index (χ0v) is 18.1. The van der Waals surface area contributed by atoms with E-state index in [2.05, 4.69) is 25.0 Å². The van der Waals surface area contributed by atoms with Crippen molar-refractivity contribution < 1.29 is 9.15 Å². The van der Waals surface area contributed by atoms with Crippen LogP contribution in [0.3, 0.4) is 0 Å². The number of aromatic nitrogens is 6. The average molecular weight is 433 g/mol. The van der Waals surface area contributed by atoms with Gasteiger partial charge in [0.1, 0.15) is 17.2 Å². The fourth-order valence-corrected chi connectivity index (χ4v) is 3.99. The predicted molar refractivity (Wildman–Crippen MR) is 117 cm³/mol. The van der Waals surface area contributed by atoms with Crippen molar-refractivity contribution in [3.63, 3.8) is 0 Å². The van der Waals surface area contributed by atoms with Crippen molar-refractivity contribution in [2.45, 2.75) is 37.8 Å². The zero-order chi connectivity index (χ0) is 21.4. The molecule has 5 rings (SSSR count). The number of para-hydroxylation sites is 1. The van der Waals surface area contributed by atoms with Gasteiger partial charge in [0, 0.05) is 29.1 Å². The summed E-state index contributed by atoms with van der Waals surface area (Å²) in [5.74, 6) is 3.00. The average Bonchev–Trinajstić information content (AvgIpc) is 3.35. The molecule has 31 heavy (non-hydrogen) atoms. The molecule has 4 aromatic heterocycles. The van der Waals surface area contributed by atoms with Crippen LogP contribution in [0, 0.1) is 13.8 Å². The number of hydrogen-bond donors (Lipinski definition) is 0. The van der Waals surface area contributed by atoms with Crippen LogP contribution in [0.1, 0.15) is 36.0 Å². The Morgan fingerprint density at radius 2 is 1.97 bits per heavy atom. The smallest absolute Gasteiger partial charge is 0.255 e. The third-order valence-corrected chi connectivity index (χ3v) is 5.60. The molecule has 1 atom stereocenters. The van der Waals surface area contributed by atoms with E-state index in [-0.39, 0.29) is 6.10 Å². The maximum absolute atomic E-state index is 6.25. The minimum absolute atomic E-state index is 0.317. The molecule has 0 amide bonds. The van der Waals surface area contributed by atoms with Gasteiger partial charge in [-0.3, -0.25) is 0 Å². The largest absolute Gasteiger partial charge is 0.466 e. The number of fused-ring (bicyclic) bond motifs is 2. The van der Waals surface area contributed by atoms with Gasteiger partial charge in [0.15, 0.2) is 11.3 Å². The molecule has 0 bridgehead atoms. The van der Waals surface area contributed by atoms with Crippen LogP contribution in [0.2, 0.25) is 0 Å². The molecule has 156 valence electrons. The van der Waals surface area contributed by atoms with Crippen molar-refractivity contribution in [2.24, 2.45) is 0 Å². The highest BCUT2D eigenvalue weighted by atomic mass is 32.2. The summed E-state index contributed by atoms with van der Waals surface area (Å²) in [5.41, 5.74) is 2.57. The SMILES string of the molecule is Cc1ccnc(SCc2cc(OC(C)c3cc4ccccc4o3)n3nc(C)nc3n2)n1. The van der Waals surface area contributed by atoms with Gasteiger partial charge in [-0.15, -0.1) is 5.10 Å². The summed E-state index contributed by atoms with van der Waals surface area (Å²) in [4.78, 5) is 17.8. The molecule has 0 saturated heterocycles. The molecule has 1 aromatic carbocycles. The molecule has 9 heteroatoms. The van der Waals surface area contributed by atoms with Gasteiger partial charge in [-0.1, -0.05) is 30.0 Å². The lowest BCUT2D eigenvalue weighted by atomic mass is 10.2. The highest BCUT2D eigenvalue weighted by Gasteiger charge is 2.18. The molecule has 0 saturated carbocycles. The standard InChI is InChI=1S/C22H20N6O2S/c1-13-8-9-23-22(24-13)31-12-17-11-20(28-21(26-17)25-15(3)27-28)29-14(2)19-10-16-6-4-5-7-18(16)30-19/h4-11,14H,12H2,1-3H3. The summed E-state index contributed by atoms with van der Waals surface area (Å²) in [7, 11) is 0. The van der Waals surface area contributed by atoms with Gasteiger partial charge in [0.2, 0.25) is 5.88 Å². The zero-order valence-electron chi connectivity index (χ0n) is 17.3.